The summed E-state index contributed by atoms with van der Waals surface area (Å²) in [6.07, 6.45) is 2.14. The molecule has 1 aliphatic heterocycles. The summed E-state index contributed by atoms with van der Waals surface area (Å²) in [4.78, 5) is 2.12. The first kappa shape index (κ1) is 17.1. The van der Waals surface area contributed by atoms with E-state index in [9.17, 15) is 0 Å². The number of anilines is 1. The Morgan fingerprint density at radius 3 is 2.79 bits per heavy atom. The van der Waals surface area contributed by atoms with E-state index >= 15 is 0 Å². The highest BCUT2D eigenvalue weighted by molar-refractivity contribution is 8.03. The maximum atomic E-state index is 6.03. The van der Waals surface area contributed by atoms with Crippen LogP contribution in [0.1, 0.15) is 5.56 Å². The van der Waals surface area contributed by atoms with Crippen LogP contribution < -0.4 is 10.1 Å². The molecule has 1 N–H and O–H groups in total. The van der Waals surface area contributed by atoms with Crippen molar-refractivity contribution in [2.45, 2.75) is 0 Å². The van der Waals surface area contributed by atoms with Crippen LogP contribution in [0.2, 0.25) is 5.02 Å². The molecule has 1 heterocycles. The normalized spacial score (nSPS) is 15.6. The third-order valence-electron chi connectivity index (χ3n) is 3.56. The topological polar surface area (TPSA) is 24.5 Å². The van der Waals surface area contributed by atoms with Gasteiger partial charge in [-0.1, -0.05) is 29.8 Å². The largest absolute Gasteiger partial charge is 0.497 e. The van der Waals surface area contributed by atoms with E-state index in [-0.39, 0.29) is 0 Å². The van der Waals surface area contributed by atoms with Crippen LogP contribution in [0.25, 0.3) is 6.08 Å². The van der Waals surface area contributed by atoms with Gasteiger partial charge in [-0.05, 0) is 54.2 Å². The summed E-state index contributed by atoms with van der Waals surface area (Å²) in [7, 11) is 1.67. The summed E-state index contributed by atoms with van der Waals surface area (Å²) in [6, 6.07) is 15.6. The monoisotopic (exact) mass is 376 g/mol. The Bertz CT molecular complexity index is 762. The third kappa shape index (κ3) is 4.23. The number of thiocarbonyl (C=S) groups is 1. The SMILES string of the molecule is COc1ccc(/C=C2\SCCN2C(=S)Nc2cccc(Cl)c2)cc1. The minimum atomic E-state index is 0.682. The molecule has 24 heavy (non-hydrogen) atoms. The van der Waals surface area contributed by atoms with E-state index in [1.807, 2.05) is 48.5 Å². The molecule has 6 heteroatoms. The zero-order valence-electron chi connectivity index (χ0n) is 13.2. The molecular formula is C18H17ClN2OS2. The second-order valence-corrected chi connectivity index (χ2v) is 7.13. The van der Waals surface area contributed by atoms with Crippen molar-refractivity contribution in [3.05, 3.63) is 64.1 Å². The fourth-order valence-electron chi connectivity index (χ4n) is 2.35. The molecule has 0 aliphatic carbocycles. The molecule has 1 aliphatic rings. The Hall–Kier alpha value is -1.69. The predicted octanol–water partition coefficient (Wildman–Crippen LogP) is 5.09. The Morgan fingerprint density at radius 1 is 1.29 bits per heavy atom. The van der Waals surface area contributed by atoms with Crippen molar-refractivity contribution in [3.8, 4) is 5.75 Å². The first-order valence-corrected chi connectivity index (χ1v) is 9.25. The molecule has 0 amide bonds. The van der Waals surface area contributed by atoms with Crippen LogP contribution >= 0.6 is 35.6 Å². The number of hydrogen-bond acceptors (Lipinski definition) is 3. The van der Waals surface area contributed by atoms with Crippen molar-refractivity contribution in [2.24, 2.45) is 0 Å². The second-order valence-electron chi connectivity index (χ2n) is 5.20. The van der Waals surface area contributed by atoms with Gasteiger partial charge in [0, 0.05) is 23.0 Å². The summed E-state index contributed by atoms with van der Waals surface area (Å²) in [5.74, 6) is 1.87. The van der Waals surface area contributed by atoms with E-state index < -0.39 is 0 Å². The Kier molecular flexibility index (Phi) is 5.66. The third-order valence-corrected chi connectivity index (χ3v) is 5.14. The second kappa shape index (κ2) is 7.92. The van der Waals surface area contributed by atoms with Gasteiger partial charge >= 0.3 is 0 Å². The highest BCUT2D eigenvalue weighted by Gasteiger charge is 2.21. The molecule has 1 fully saturated rings. The van der Waals surface area contributed by atoms with Crippen molar-refractivity contribution in [2.75, 3.05) is 24.7 Å². The molecule has 1 saturated heterocycles. The van der Waals surface area contributed by atoms with Gasteiger partial charge in [-0.15, -0.1) is 11.8 Å². The van der Waals surface area contributed by atoms with Crippen molar-refractivity contribution in [1.29, 1.82) is 0 Å². The molecule has 2 aromatic rings. The Labute approximate surface area is 156 Å². The molecule has 0 atom stereocenters. The number of benzene rings is 2. The zero-order chi connectivity index (χ0) is 16.9. The van der Waals surface area contributed by atoms with E-state index in [0.717, 1.165) is 34.3 Å². The Morgan fingerprint density at radius 2 is 2.08 bits per heavy atom. The van der Waals surface area contributed by atoms with Crippen LogP contribution in [0.15, 0.2) is 53.6 Å². The molecule has 0 aromatic heterocycles. The van der Waals surface area contributed by atoms with Gasteiger partial charge in [0.05, 0.1) is 12.1 Å². The van der Waals surface area contributed by atoms with Crippen LogP contribution in [0.3, 0.4) is 0 Å². The van der Waals surface area contributed by atoms with Gasteiger partial charge in [-0.2, -0.15) is 0 Å². The van der Waals surface area contributed by atoms with Crippen molar-refractivity contribution in [3.63, 3.8) is 0 Å². The van der Waals surface area contributed by atoms with Crippen molar-refractivity contribution >= 4 is 52.5 Å². The van der Waals surface area contributed by atoms with Crippen LogP contribution in [0.5, 0.6) is 5.75 Å². The molecule has 0 spiro atoms. The number of thioether (sulfide) groups is 1. The number of nitrogens with zero attached hydrogens (tertiary/aromatic N) is 1. The molecule has 3 nitrogen and oxygen atoms in total. The summed E-state index contributed by atoms with van der Waals surface area (Å²) in [5, 5.41) is 5.77. The molecule has 0 saturated carbocycles. The first-order valence-electron chi connectivity index (χ1n) is 7.48. The van der Waals surface area contributed by atoms with E-state index in [0.29, 0.717) is 10.1 Å². The Balaban J connectivity index is 1.74. The lowest BCUT2D eigenvalue weighted by atomic mass is 10.2. The summed E-state index contributed by atoms with van der Waals surface area (Å²) in [6.45, 7) is 0.888. The maximum absolute atomic E-state index is 6.03. The molecule has 2 aromatic carbocycles. The number of nitrogens with one attached hydrogen (secondary N) is 1. The van der Waals surface area contributed by atoms with Gasteiger partial charge in [0.1, 0.15) is 5.75 Å². The molecule has 0 unspecified atom stereocenters. The van der Waals surface area contributed by atoms with E-state index in [1.165, 1.54) is 0 Å². The highest BCUT2D eigenvalue weighted by Crippen LogP contribution is 2.31. The standard InChI is InChI=1S/C18H17ClN2OS2/c1-22-16-7-5-13(6-8-16)11-17-21(9-10-24-17)18(23)20-15-4-2-3-14(19)12-15/h2-8,11-12H,9-10H2,1H3,(H,20,23)/b17-11-. The van der Waals surface area contributed by atoms with Crippen LogP contribution in [0.4, 0.5) is 5.69 Å². The molecule has 3 rings (SSSR count). The first-order chi connectivity index (χ1) is 11.7. The highest BCUT2D eigenvalue weighted by atomic mass is 35.5. The average molecular weight is 377 g/mol. The minimum absolute atomic E-state index is 0.682. The van der Waals surface area contributed by atoms with Crippen LogP contribution in [0, 0.1) is 0 Å². The minimum Gasteiger partial charge on any atom is -0.497 e. The quantitative estimate of drug-likeness (QED) is 0.752. The van der Waals surface area contributed by atoms with E-state index in [2.05, 4.69) is 16.3 Å². The van der Waals surface area contributed by atoms with Crippen molar-refractivity contribution in [1.82, 2.24) is 4.90 Å². The smallest absolute Gasteiger partial charge is 0.178 e. The number of ether oxygens (including phenoxy) is 1. The fourth-order valence-corrected chi connectivity index (χ4v) is 3.95. The predicted molar refractivity (Wildman–Crippen MR) is 108 cm³/mol. The lowest BCUT2D eigenvalue weighted by molar-refractivity contribution is 0.415. The van der Waals surface area contributed by atoms with Crippen LogP contribution in [-0.2, 0) is 0 Å². The van der Waals surface area contributed by atoms with E-state index in [1.54, 1.807) is 18.9 Å². The van der Waals surface area contributed by atoms with Gasteiger partial charge in [0.15, 0.2) is 5.11 Å². The van der Waals surface area contributed by atoms with Gasteiger partial charge in [0.25, 0.3) is 0 Å². The van der Waals surface area contributed by atoms with Gasteiger partial charge < -0.3 is 15.0 Å². The van der Waals surface area contributed by atoms with E-state index in [4.69, 9.17) is 28.6 Å². The molecule has 0 bridgehead atoms. The number of halogens is 1. The average Bonchev–Trinajstić information content (AvgIpc) is 3.04. The lowest BCUT2D eigenvalue weighted by Crippen LogP contribution is -2.31. The number of methoxy groups -OCH3 is 1. The van der Waals surface area contributed by atoms with Gasteiger partial charge in [-0.3, -0.25) is 0 Å². The van der Waals surface area contributed by atoms with Crippen molar-refractivity contribution < 1.29 is 4.74 Å². The summed E-state index contributed by atoms with van der Waals surface area (Å²) in [5.41, 5.74) is 2.02. The maximum Gasteiger partial charge on any atom is 0.178 e. The zero-order valence-corrected chi connectivity index (χ0v) is 15.5. The lowest BCUT2D eigenvalue weighted by Gasteiger charge is -2.21. The van der Waals surface area contributed by atoms with Gasteiger partial charge in [0.2, 0.25) is 0 Å². The number of hydrogen-bond donors (Lipinski definition) is 1. The fraction of sp³-hybridized carbons (Fsp3) is 0.167. The molecule has 0 radical (unpaired) electrons. The molecular weight excluding hydrogens is 360 g/mol. The van der Waals surface area contributed by atoms with Crippen LogP contribution in [-0.4, -0.2) is 29.4 Å². The van der Waals surface area contributed by atoms with Gasteiger partial charge in [-0.25, -0.2) is 0 Å². The number of rotatable bonds is 3. The summed E-state index contributed by atoms with van der Waals surface area (Å²) < 4.78 is 5.20. The molecule has 124 valence electrons. The summed E-state index contributed by atoms with van der Waals surface area (Å²) >= 11 is 13.4.